The van der Waals surface area contributed by atoms with Crippen molar-refractivity contribution in [3.8, 4) is 0 Å². The predicted molar refractivity (Wildman–Crippen MR) is 85.3 cm³/mol. The fourth-order valence-electron chi connectivity index (χ4n) is 2.98. The van der Waals surface area contributed by atoms with Crippen LogP contribution in [0.1, 0.15) is 37.9 Å². The first kappa shape index (κ1) is 15.8. The minimum Gasteiger partial charge on any atom is -0.369 e. The molecule has 2 unspecified atom stereocenters. The van der Waals surface area contributed by atoms with Crippen LogP contribution < -0.4 is 15.5 Å². The smallest absolute Gasteiger partial charge is 0.224 e. The van der Waals surface area contributed by atoms with Gasteiger partial charge >= 0.3 is 0 Å². The predicted octanol–water partition coefficient (Wildman–Crippen LogP) is 1.71. The van der Waals surface area contributed by atoms with Crippen LogP contribution in [-0.2, 0) is 4.79 Å². The molecule has 116 valence electrons. The molecule has 2 rings (SSSR count). The highest BCUT2D eigenvalue weighted by molar-refractivity contribution is 5.79. The van der Waals surface area contributed by atoms with Gasteiger partial charge in [-0.05, 0) is 38.4 Å². The van der Waals surface area contributed by atoms with Crippen molar-refractivity contribution in [3.63, 3.8) is 0 Å². The summed E-state index contributed by atoms with van der Waals surface area (Å²) in [5, 5.41) is 6.02. The number of anilines is 1. The highest BCUT2D eigenvalue weighted by atomic mass is 16.1. The average molecular weight is 290 g/mol. The zero-order valence-electron chi connectivity index (χ0n) is 13.2. The summed E-state index contributed by atoms with van der Waals surface area (Å²) in [6, 6.07) is 4.51. The Balaban J connectivity index is 2.06. The van der Waals surface area contributed by atoms with Gasteiger partial charge in [0.1, 0.15) is 0 Å². The highest BCUT2D eigenvalue weighted by Gasteiger charge is 2.25. The summed E-state index contributed by atoms with van der Waals surface area (Å²) < 4.78 is 0. The number of nitrogens with zero attached hydrogens (tertiary/aromatic N) is 2. The van der Waals surface area contributed by atoms with E-state index in [1.165, 1.54) is 0 Å². The lowest BCUT2D eigenvalue weighted by molar-refractivity contribution is -0.124. The van der Waals surface area contributed by atoms with Crippen LogP contribution in [-0.4, -0.2) is 38.1 Å². The van der Waals surface area contributed by atoms with Gasteiger partial charge in [0.2, 0.25) is 5.91 Å². The SMILES string of the molecule is CCC(NC)c1ccc(N2CCCC(C(=O)NC)C2)cn1. The molecule has 0 spiro atoms. The van der Waals surface area contributed by atoms with Crippen molar-refractivity contribution in [2.24, 2.45) is 5.92 Å². The Bertz CT molecular complexity index is 456. The third-order valence-electron chi connectivity index (χ3n) is 4.29. The summed E-state index contributed by atoms with van der Waals surface area (Å²) in [5.74, 6) is 0.231. The molecule has 2 atom stereocenters. The zero-order chi connectivity index (χ0) is 15.2. The molecule has 21 heavy (non-hydrogen) atoms. The minimum atomic E-state index is 0.0872. The summed E-state index contributed by atoms with van der Waals surface area (Å²) in [7, 11) is 3.67. The Hall–Kier alpha value is -1.62. The third kappa shape index (κ3) is 3.73. The number of carbonyl (C=O) groups excluding carboxylic acids is 1. The second-order valence-electron chi connectivity index (χ2n) is 5.59. The molecule has 2 heterocycles. The van der Waals surface area contributed by atoms with E-state index < -0.39 is 0 Å². The quantitative estimate of drug-likeness (QED) is 0.867. The molecule has 0 bridgehead atoms. The van der Waals surface area contributed by atoms with E-state index >= 15 is 0 Å². The van der Waals surface area contributed by atoms with Crippen LogP contribution in [0.5, 0.6) is 0 Å². The van der Waals surface area contributed by atoms with Gasteiger partial charge in [-0.1, -0.05) is 6.92 Å². The van der Waals surface area contributed by atoms with Crippen LogP contribution in [0.25, 0.3) is 0 Å². The summed E-state index contributed by atoms with van der Waals surface area (Å²) >= 11 is 0. The molecule has 1 aromatic rings. The summed E-state index contributed by atoms with van der Waals surface area (Å²) in [6.45, 7) is 3.93. The van der Waals surface area contributed by atoms with Crippen LogP contribution in [0.15, 0.2) is 18.3 Å². The lowest BCUT2D eigenvalue weighted by atomic mass is 9.97. The first-order valence-corrected chi connectivity index (χ1v) is 7.79. The first-order valence-electron chi connectivity index (χ1n) is 7.79. The zero-order valence-corrected chi connectivity index (χ0v) is 13.2. The van der Waals surface area contributed by atoms with Crippen LogP contribution in [0.4, 0.5) is 5.69 Å². The van der Waals surface area contributed by atoms with Crippen LogP contribution in [0, 0.1) is 5.92 Å². The van der Waals surface area contributed by atoms with Gasteiger partial charge in [0.25, 0.3) is 0 Å². The van der Waals surface area contributed by atoms with Crippen molar-refractivity contribution in [3.05, 3.63) is 24.0 Å². The van der Waals surface area contributed by atoms with Gasteiger partial charge in [0.15, 0.2) is 0 Å². The van der Waals surface area contributed by atoms with Crippen molar-refractivity contribution in [2.75, 3.05) is 32.1 Å². The monoisotopic (exact) mass is 290 g/mol. The maximum absolute atomic E-state index is 11.8. The molecular weight excluding hydrogens is 264 g/mol. The van der Waals surface area contributed by atoms with Gasteiger partial charge < -0.3 is 15.5 Å². The highest BCUT2D eigenvalue weighted by Crippen LogP contribution is 2.24. The van der Waals surface area contributed by atoms with Gasteiger partial charge in [-0.2, -0.15) is 0 Å². The number of pyridine rings is 1. The van der Waals surface area contributed by atoms with E-state index in [1.807, 2.05) is 13.2 Å². The Kier molecular flexibility index (Phi) is 5.56. The van der Waals surface area contributed by atoms with Gasteiger partial charge in [0.05, 0.1) is 23.5 Å². The number of aromatic nitrogens is 1. The van der Waals surface area contributed by atoms with Gasteiger partial charge in [0, 0.05) is 26.2 Å². The molecule has 2 N–H and O–H groups in total. The van der Waals surface area contributed by atoms with E-state index in [4.69, 9.17) is 0 Å². The summed E-state index contributed by atoms with van der Waals surface area (Å²) in [5.41, 5.74) is 2.18. The van der Waals surface area contributed by atoms with Gasteiger partial charge in [-0.3, -0.25) is 9.78 Å². The summed E-state index contributed by atoms with van der Waals surface area (Å²) in [6.07, 6.45) is 4.97. The fourth-order valence-corrected chi connectivity index (χ4v) is 2.98. The Morgan fingerprint density at radius 3 is 2.86 bits per heavy atom. The number of rotatable bonds is 5. The number of carbonyl (C=O) groups is 1. The lowest BCUT2D eigenvalue weighted by Gasteiger charge is -2.33. The van der Waals surface area contributed by atoms with E-state index in [2.05, 4.69) is 39.6 Å². The molecule has 0 aliphatic carbocycles. The van der Waals surface area contributed by atoms with Crippen LogP contribution in [0.2, 0.25) is 0 Å². The maximum atomic E-state index is 11.8. The molecule has 1 fully saturated rings. The molecule has 5 nitrogen and oxygen atoms in total. The number of amides is 1. The maximum Gasteiger partial charge on any atom is 0.224 e. The number of hydrogen-bond donors (Lipinski definition) is 2. The molecule has 1 aliphatic rings. The van der Waals surface area contributed by atoms with Crippen LogP contribution >= 0.6 is 0 Å². The van der Waals surface area contributed by atoms with E-state index in [1.54, 1.807) is 7.05 Å². The number of nitrogens with one attached hydrogen (secondary N) is 2. The molecule has 1 aliphatic heterocycles. The van der Waals surface area contributed by atoms with E-state index in [9.17, 15) is 4.79 Å². The molecular formula is C16H26N4O. The number of hydrogen-bond acceptors (Lipinski definition) is 4. The van der Waals surface area contributed by atoms with E-state index in [0.717, 1.165) is 43.7 Å². The van der Waals surface area contributed by atoms with E-state index in [-0.39, 0.29) is 11.8 Å². The topological polar surface area (TPSA) is 57.3 Å². The van der Waals surface area contributed by atoms with Crippen LogP contribution in [0.3, 0.4) is 0 Å². The Labute approximate surface area is 127 Å². The Morgan fingerprint density at radius 2 is 2.29 bits per heavy atom. The Morgan fingerprint density at radius 1 is 1.48 bits per heavy atom. The molecule has 0 saturated carbocycles. The second-order valence-corrected chi connectivity index (χ2v) is 5.59. The number of piperidine rings is 1. The summed E-state index contributed by atoms with van der Waals surface area (Å²) in [4.78, 5) is 18.6. The molecule has 5 heteroatoms. The fraction of sp³-hybridized carbons (Fsp3) is 0.625. The first-order chi connectivity index (χ1) is 10.2. The van der Waals surface area contributed by atoms with Crippen molar-refractivity contribution in [1.29, 1.82) is 0 Å². The van der Waals surface area contributed by atoms with Gasteiger partial charge in [-0.25, -0.2) is 0 Å². The molecule has 0 aromatic carbocycles. The standard InChI is InChI=1S/C16H26N4O/c1-4-14(17-2)15-8-7-13(10-19-15)20-9-5-6-12(11-20)16(21)18-3/h7-8,10,12,14,17H,4-6,9,11H2,1-3H3,(H,18,21). The van der Waals surface area contributed by atoms with Crippen molar-refractivity contribution in [2.45, 2.75) is 32.2 Å². The molecule has 1 aromatic heterocycles. The third-order valence-corrected chi connectivity index (χ3v) is 4.29. The molecule has 1 saturated heterocycles. The normalized spacial score (nSPS) is 20.1. The van der Waals surface area contributed by atoms with Gasteiger partial charge in [-0.15, -0.1) is 0 Å². The van der Waals surface area contributed by atoms with E-state index in [0.29, 0.717) is 6.04 Å². The second kappa shape index (κ2) is 7.41. The molecule has 0 radical (unpaired) electrons. The lowest BCUT2D eigenvalue weighted by Crippen LogP contribution is -2.42. The molecule has 1 amide bonds. The average Bonchev–Trinajstić information content (AvgIpc) is 2.56. The van der Waals surface area contributed by atoms with Crippen molar-refractivity contribution < 1.29 is 4.79 Å². The largest absolute Gasteiger partial charge is 0.369 e. The van der Waals surface area contributed by atoms with Crippen molar-refractivity contribution in [1.82, 2.24) is 15.6 Å². The van der Waals surface area contributed by atoms with Crippen molar-refractivity contribution >= 4 is 11.6 Å². The minimum absolute atomic E-state index is 0.0872.